The first-order chi connectivity index (χ1) is 9.88. The zero-order chi connectivity index (χ0) is 15.6. The average Bonchev–Trinajstić information content (AvgIpc) is 2.44. The third kappa shape index (κ3) is 3.96. The highest BCUT2D eigenvalue weighted by molar-refractivity contribution is 6.30. The summed E-state index contributed by atoms with van der Waals surface area (Å²) >= 11 is 5.85. The molecule has 116 valence electrons. The number of hydrogen-bond acceptors (Lipinski definition) is 3. The first-order valence-corrected chi connectivity index (χ1v) is 7.69. The molecule has 1 aliphatic rings. The van der Waals surface area contributed by atoms with Gasteiger partial charge < -0.3 is 10.0 Å². The standard InChI is InChI=1S/C16H23ClN2O2/c1-11(8-19-9-15(20)10-19)12(2)18(3)16(21)13-4-6-14(17)7-5-13/h4-7,11-12,15,20H,8-10H2,1-3H3. The molecule has 0 spiro atoms. The summed E-state index contributed by atoms with van der Waals surface area (Å²) < 4.78 is 0. The van der Waals surface area contributed by atoms with Gasteiger partial charge in [-0.15, -0.1) is 0 Å². The van der Waals surface area contributed by atoms with Gasteiger partial charge >= 0.3 is 0 Å². The molecule has 1 heterocycles. The molecule has 1 amide bonds. The number of amides is 1. The van der Waals surface area contributed by atoms with Crippen molar-refractivity contribution in [3.63, 3.8) is 0 Å². The Bertz CT molecular complexity index is 486. The van der Waals surface area contributed by atoms with Crippen molar-refractivity contribution in [2.75, 3.05) is 26.7 Å². The van der Waals surface area contributed by atoms with Crippen LogP contribution in [0.2, 0.25) is 5.02 Å². The van der Waals surface area contributed by atoms with Crippen LogP contribution < -0.4 is 0 Å². The predicted octanol–water partition coefficient (Wildman–Crippen LogP) is 2.11. The lowest BCUT2D eigenvalue weighted by Gasteiger charge is -2.40. The number of carbonyl (C=O) groups is 1. The Hall–Kier alpha value is -1.10. The Morgan fingerprint density at radius 3 is 2.48 bits per heavy atom. The summed E-state index contributed by atoms with van der Waals surface area (Å²) in [6, 6.07) is 7.11. The summed E-state index contributed by atoms with van der Waals surface area (Å²) in [6.45, 7) is 6.59. The van der Waals surface area contributed by atoms with Crippen LogP contribution in [0.4, 0.5) is 0 Å². The Labute approximate surface area is 131 Å². The number of nitrogens with zero attached hydrogens (tertiary/aromatic N) is 2. The fourth-order valence-electron chi connectivity index (χ4n) is 2.61. The fraction of sp³-hybridized carbons (Fsp3) is 0.562. The molecule has 4 nitrogen and oxygen atoms in total. The van der Waals surface area contributed by atoms with E-state index in [4.69, 9.17) is 11.6 Å². The van der Waals surface area contributed by atoms with E-state index in [0.29, 0.717) is 16.5 Å². The Morgan fingerprint density at radius 2 is 1.95 bits per heavy atom. The van der Waals surface area contributed by atoms with Crippen molar-refractivity contribution in [2.45, 2.75) is 26.0 Å². The van der Waals surface area contributed by atoms with E-state index in [-0.39, 0.29) is 18.1 Å². The smallest absolute Gasteiger partial charge is 0.253 e. The lowest BCUT2D eigenvalue weighted by Crippen LogP contribution is -2.54. The molecule has 1 aromatic carbocycles. The molecule has 21 heavy (non-hydrogen) atoms. The van der Waals surface area contributed by atoms with Crippen molar-refractivity contribution in [3.8, 4) is 0 Å². The van der Waals surface area contributed by atoms with Crippen molar-refractivity contribution < 1.29 is 9.90 Å². The maximum atomic E-state index is 12.5. The summed E-state index contributed by atoms with van der Waals surface area (Å²) in [5, 5.41) is 9.95. The SMILES string of the molecule is CC(CN1CC(O)C1)C(C)N(C)C(=O)c1ccc(Cl)cc1. The largest absolute Gasteiger partial charge is 0.390 e. The van der Waals surface area contributed by atoms with Crippen molar-refractivity contribution in [2.24, 2.45) is 5.92 Å². The zero-order valence-corrected chi connectivity index (χ0v) is 13.5. The van der Waals surface area contributed by atoms with E-state index in [2.05, 4.69) is 18.7 Å². The van der Waals surface area contributed by atoms with Crippen molar-refractivity contribution in [3.05, 3.63) is 34.9 Å². The second kappa shape index (κ2) is 6.77. The number of carbonyl (C=O) groups excluding carboxylic acids is 1. The van der Waals surface area contributed by atoms with Gasteiger partial charge in [0.1, 0.15) is 0 Å². The predicted molar refractivity (Wildman–Crippen MR) is 84.6 cm³/mol. The maximum Gasteiger partial charge on any atom is 0.253 e. The molecule has 0 aromatic heterocycles. The molecule has 0 radical (unpaired) electrons. The molecule has 1 aromatic rings. The van der Waals surface area contributed by atoms with Crippen molar-refractivity contribution in [1.29, 1.82) is 0 Å². The number of rotatable bonds is 5. The summed E-state index contributed by atoms with van der Waals surface area (Å²) in [5.41, 5.74) is 0.653. The highest BCUT2D eigenvalue weighted by atomic mass is 35.5. The van der Waals surface area contributed by atoms with E-state index >= 15 is 0 Å². The third-order valence-electron chi connectivity index (χ3n) is 4.33. The summed E-state index contributed by atoms with van der Waals surface area (Å²) in [6.07, 6.45) is -0.180. The van der Waals surface area contributed by atoms with Crippen LogP contribution in [0.5, 0.6) is 0 Å². The van der Waals surface area contributed by atoms with Gasteiger partial charge in [-0.1, -0.05) is 18.5 Å². The highest BCUT2D eigenvalue weighted by Crippen LogP contribution is 2.18. The van der Waals surface area contributed by atoms with Gasteiger partial charge in [-0.25, -0.2) is 0 Å². The van der Waals surface area contributed by atoms with Crippen LogP contribution >= 0.6 is 11.6 Å². The monoisotopic (exact) mass is 310 g/mol. The van der Waals surface area contributed by atoms with E-state index in [1.807, 2.05) is 7.05 Å². The normalized spacial score (nSPS) is 18.9. The Morgan fingerprint density at radius 1 is 1.38 bits per heavy atom. The summed E-state index contributed by atoms with van der Waals surface area (Å²) in [4.78, 5) is 16.4. The number of benzene rings is 1. The van der Waals surface area contributed by atoms with Gasteiger partial charge in [-0.2, -0.15) is 0 Å². The molecule has 0 aliphatic carbocycles. The maximum absolute atomic E-state index is 12.5. The van der Waals surface area contributed by atoms with Crippen LogP contribution in [0.25, 0.3) is 0 Å². The summed E-state index contributed by atoms with van der Waals surface area (Å²) in [7, 11) is 1.84. The fourth-order valence-corrected chi connectivity index (χ4v) is 2.74. The topological polar surface area (TPSA) is 43.8 Å². The molecule has 1 saturated heterocycles. The molecule has 1 aliphatic heterocycles. The molecule has 5 heteroatoms. The van der Waals surface area contributed by atoms with E-state index in [0.717, 1.165) is 19.6 Å². The van der Waals surface area contributed by atoms with Gasteiger partial charge in [0.2, 0.25) is 0 Å². The van der Waals surface area contributed by atoms with Gasteiger partial charge in [0.25, 0.3) is 5.91 Å². The average molecular weight is 311 g/mol. The van der Waals surface area contributed by atoms with Crippen molar-refractivity contribution >= 4 is 17.5 Å². The Balaban J connectivity index is 1.92. The number of likely N-dealkylation sites (tertiary alicyclic amines) is 1. The van der Waals surface area contributed by atoms with Gasteiger partial charge in [-0.3, -0.25) is 9.69 Å². The molecule has 2 atom stereocenters. The summed E-state index contributed by atoms with van der Waals surface area (Å²) in [5.74, 6) is 0.355. The van der Waals surface area contributed by atoms with Gasteiger partial charge in [0.05, 0.1) is 6.10 Å². The molecule has 2 rings (SSSR count). The van der Waals surface area contributed by atoms with Crippen LogP contribution in [-0.4, -0.2) is 59.6 Å². The van der Waals surface area contributed by atoms with E-state index in [1.165, 1.54) is 0 Å². The number of β-amino-alcohol motifs (C(OH)–C–C–N with tert-alkyl or cyclic N) is 1. The zero-order valence-electron chi connectivity index (χ0n) is 12.8. The first-order valence-electron chi connectivity index (χ1n) is 7.31. The van der Waals surface area contributed by atoms with Gasteiger partial charge in [0, 0.05) is 43.3 Å². The lowest BCUT2D eigenvalue weighted by atomic mass is 9.99. The van der Waals surface area contributed by atoms with E-state index < -0.39 is 0 Å². The Kier molecular flexibility index (Phi) is 5.25. The van der Waals surface area contributed by atoms with Crippen LogP contribution in [-0.2, 0) is 0 Å². The number of aliphatic hydroxyl groups is 1. The molecule has 0 bridgehead atoms. The number of aliphatic hydroxyl groups excluding tert-OH is 1. The number of halogens is 1. The van der Waals surface area contributed by atoms with Crippen molar-refractivity contribution in [1.82, 2.24) is 9.80 Å². The van der Waals surface area contributed by atoms with Crippen LogP contribution in [0.1, 0.15) is 24.2 Å². The molecule has 0 saturated carbocycles. The minimum atomic E-state index is -0.180. The second-order valence-corrected chi connectivity index (χ2v) is 6.45. The number of hydrogen-bond donors (Lipinski definition) is 1. The minimum Gasteiger partial charge on any atom is -0.390 e. The van der Waals surface area contributed by atoms with E-state index in [9.17, 15) is 9.90 Å². The molecule has 2 unspecified atom stereocenters. The van der Waals surface area contributed by atoms with Gasteiger partial charge in [0.15, 0.2) is 0 Å². The first kappa shape index (κ1) is 16.3. The quantitative estimate of drug-likeness (QED) is 0.906. The molecule has 1 fully saturated rings. The highest BCUT2D eigenvalue weighted by Gasteiger charge is 2.29. The lowest BCUT2D eigenvalue weighted by molar-refractivity contribution is -0.0113. The molecule has 1 N–H and O–H groups in total. The van der Waals surface area contributed by atoms with Crippen LogP contribution in [0.15, 0.2) is 24.3 Å². The van der Waals surface area contributed by atoms with E-state index in [1.54, 1.807) is 29.2 Å². The van der Waals surface area contributed by atoms with Crippen LogP contribution in [0.3, 0.4) is 0 Å². The minimum absolute atomic E-state index is 0.00895. The molecular formula is C16H23ClN2O2. The van der Waals surface area contributed by atoms with Crippen LogP contribution in [0, 0.1) is 5.92 Å². The molecular weight excluding hydrogens is 288 g/mol. The van der Waals surface area contributed by atoms with Gasteiger partial charge in [-0.05, 0) is 37.1 Å². The third-order valence-corrected chi connectivity index (χ3v) is 4.58. The second-order valence-electron chi connectivity index (χ2n) is 6.01.